The van der Waals surface area contributed by atoms with Crippen LogP contribution in [0.4, 0.5) is 0 Å². The molecule has 0 unspecified atom stereocenters. The normalized spacial score (nSPS) is 12.4. The molecule has 1 aromatic heterocycles. The lowest BCUT2D eigenvalue weighted by Crippen LogP contribution is -2.05. The number of ether oxygens (including phenoxy) is 2. The summed E-state index contributed by atoms with van der Waals surface area (Å²) in [5, 5.41) is 4.41. The summed E-state index contributed by atoms with van der Waals surface area (Å²) in [6, 6.07) is 7.23. The first-order chi connectivity index (χ1) is 9.60. The van der Waals surface area contributed by atoms with Crippen molar-refractivity contribution in [2.75, 3.05) is 7.11 Å². The van der Waals surface area contributed by atoms with E-state index in [1.807, 2.05) is 13.0 Å². The zero-order valence-electron chi connectivity index (χ0n) is 11.4. The highest BCUT2D eigenvalue weighted by molar-refractivity contribution is 6.32. The van der Waals surface area contributed by atoms with Crippen LogP contribution in [0.1, 0.15) is 30.0 Å². The van der Waals surface area contributed by atoms with Crippen molar-refractivity contribution in [1.82, 2.24) is 5.16 Å². The predicted molar refractivity (Wildman–Crippen MR) is 75.6 cm³/mol. The summed E-state index contributed by atoms with van der Waals surface area (Å²) in [7, 11) is 1.60. The molecule has 1 aromatic carbocycles. The molecule has 20 heavy (non-hydrogen) atoms. The molecule has 6 heteroatoms. The van der Waals surface area contributed by atoms with E-state index in [1.54, 1.807) is 25.3 Å². The monoisotopic (exact) mass is 296 g/mol. The Balaban J connectivity index is 1.99. The molecule has 2 aromatic rings. The van der Waals surface area contributed by atoms with Crippen molar-refractivity contribution in [2.45, 2.75) is 26.2 Å². The summed E-state index contributed by atoms with van der Waals surface area (Å²) >= 11 is 6.15. The van der Waals surface area contributed by atoms with Gasteiger partial charge in [0.2, 0.25) is 0 Å². The van der Waals surface area contributed by atoms with E-state index < -0.39 is 0 Å². The van der Waals surface area contributed by atoms with Crippen molar-refractivity contribution in [3.8, 4) is 5.75 Å². The van der Waals surface area contributed by atoms with E-state index in [0.717, 1.165) is 5.56 Å². The van der Waals surface area contributed by atoms with Gasteiger partial charge < -0.3 is 19.7 Å². The summed E-state index contributed by atoms with van der Waals surface area (Å²) in [6.45, 7) is 2.57. The van der Waals surface area contributed by atoms with Gasteiger partial charge in [0.05, 0.1) is 5.02 Å². The molecule has 1 atom stereocenters. The highest BCUT2D eigenvalue weighted by Crippen LogP contribution is 2.28. The van der Waals surface area contributed by atoms with Crippen LogP contribution in [0, 0.1) is 0 Å². The summed E-state index contributed by atoms with van der Waals surface area (Å²) in [4.78, 5) is 0. The van der Waals surface area contributed by atoms with E-state index in [2.05, 4.69) is 5.16 Å². The molecule has 5 nitrogen and oxygen atoms in total. The molecule has 2 rings (SSSR count). The molecular formula is C14H17ClN2O3. The zero-order valence-corrected chi connectivity index (χ0v) is 12.2. The maximum Gasteiger partial charge on any atom is 0.162 e. The standard InChI is InChI=1S/C14H17ClN2O3/c1-9(16)10-3-4-14(13(15)5-10)19-7-11-6-12(8-18-2)20-17-11/h3-6,9H,7-8,16H2,1-2H3/t9-/m1/s1. The van der Waals surface area contributed by atoms with Gasteiger partial charge in [-0.3, -0.25) is 0 Å². The van der Waals surface area contributed by atoms with Crippen LogP contribution in [-0.2, 0) is 18.0 Å². The maximum atomic E-state index is 6.15. The van der Waals surface area contributed by atoms with Gasteiger partial charge in [-0.1, -0.05) is 22.8 Å². The van der Waals surface area contributed by atoms with E-state index in [0.29, 0.717) is 28.8 Å². The van der Waals surface area contributed by atoms with E-state index in [1.165, 1.54) is 0 Å². The molecule has 0 saturated heterocycles. The van der Waals surface area contributed by atoms with Crippen LogP contribution < -0.4 is 10.5 Å². The number of nitrogens with zero attached hydrogens (tertiary/aromatic N) is 1. The lowest BCUT2D eigenvalue weighted by Gasteiger charge is -2.10. The number of nitrogens with two attached hydrogens (primary N) is 1. The lowest BCUT2D eigenvalue weighted by atomic mass is 10.1. The number of halogens is 1. The SMILES string of the molecule is COCc1cc(COc2ccc([C@@H](C)N)cc2Cl)no1. The van der Waals surface area contributed by atoms with Gasteiger partial charge in [-0.05, 0) is 24.6 Å². The number of rotatable bonds is 6. The van der Waals surface area contributed by atoms with Gasteiger partial charge in [0, 0.05) is 19.2 Å². The third-order valence-electron chi connectivity index (χ3n) is 2.75. The van der Waals surface area contributed by atoms with Gasteiger partial charge in [0.25, 0.3) is 0 Å². The fourth-order valence-electron chi connectivity index (χ4n) is 1.70. The fourth-order valence-corrected chi connectivity index (χ4v) is 1.95. The first kappa shape index (κ1) is 14.8. The van der Waals surface area contributed by atoms with Gasteiger partial charge in [-0.25, -0.2) is 0 Å². The molecule has 0 aliphatic carbocycles. The first-order valence-electron chi connectivity index (χ1n) is 6.21. The largest absolute Gasteiger partial charge is 0.486 e. The van der Waals surface area contributed by atoms with E-state index >= 15 is 0 Å². The average molecular weight is 297 g/mol. The van der Waals surface area contributed by atoms with Crippen molar-refractivity contribution in [1.29, 1.82) is 0 Å². The summed E-state index contributed by atoms with van der Waals surface area (Å²) in [6.07, 6.45) is 0. The van der Waals surface area contributed by atoms with Crippen molar-refractivity contribution < 1.29 is 14.0 Å². The molecule has 0 aliphatic rings. The Bertz CT molecular complexity index is 569. The third-order valence-corrected chi connectivity index (χ3v) is 3.05. The van der Waals surface area contributed by atoms with Crippen LogP contribution in [0.2, 0.25) is 5.02 Å². The molecule has 0 saturated carbocycles. The smallest absolute Gasteiger partial charge is 0.162 e. The lowest BCUT2D eigenvalue weighted by molar-refractivity contribution is 0.155. The minimum Gasteiger partial charge on any atom is -0.486 e. The Hall–Kier alpha value is -1.56. The quantitative estimate of drug-likeness (QED) is 0.887. The molecule has 0 aliphatic heterocycles. The van der Waals surface area contributed by atoms with Gasteiger partial charge in [0.15, 0.2) is 5.76 Å². The van der Waals surface area contributed by atoms with Crippen LogP contribution in [0.15, 0.2) is 28.8 Å². The summed E-state index contributed by atoms with van der Waals surface area (Å²) in [5.41, 5.74) is 7.44. The Morgan fingerprint density at radius 1 is 1.35 bits per heavy atom. The van der Waals surface area contributed by atoms with Crippen LogP contribution in [-0.4, -0.2) is 12.3 Å². The van der Waals surface area contributed by atoms with Crippen molar-refractivity contribution >= 4 is 11.6 Å². The number of benzene rings is 1. The van der Waals surface area contributed by atoms with Gasteiger partial charge in [-0.15, -0.1) is 0 Å². The summed E-state index contributed by atoms with van der Waals surface area (Å²) in [5.74, 6) is 1.25. The number of aromatic nitrogens is 1. The molecule has 108 valence electrons. The highest BCUT2D eigenvalue weighted by Gasteiger charge is 2.08. The average Bonchev–Trinajstić information content (AvgIpc) is 2.85. The maximum absolute atomic E-state index is 6.15. The van der Waals surface area contributed by atoms with Crippen molar-refractivity contribution in [2.24, 2.45) is 5.73 Å². The number of methoxy groups -OCH3 is 1. The number of hydrogen-bond acceptors (Lipinski definition) is 5. The minimum atomic E-state index is -0.0614. The van der Waals surface area contributed by atoms with E-state index in [4.69, 9.17) is 31.3 Å². The minimum absolute atomic E-state index is 0.0614. The molecule has 0 amide bonds. The second-order valence-corrected chi connectivity index (χ2v) is 4.89. The highest BCUT2D eigenvalue weighted by atomic mass is 35.5. The summed E-state index contributed by atoms with van der Waals surface area (Å²) < 4.78 is 15.6. The third kappa shape index (κ3) is 3.72. The molecule has 2 N–H and O–H groups in total. The van der Waals surface area contributed by atoms with Crippen LogP contribution in [0.25, 0.3) is 0 Å². The molecule has 0 spiro atoms. The van der Waals surface area contributed by atoms with Gasteiger partial charge in [-0.2, -0.15) is 0 Å². The Morgan fingerprint density at radius 3 is 2.80 bits per heavy atom. The van der Waals surface area contributed by atoms with Crippen LogP contribution in [0.3, 0.4) is 0 Å². The number of hydrogen-bond donors (Lipinski definition) is 1. The Morgan fingerprint density at radius 2 is 2.15 bits per heavy atom. The van der Waals surface area contributed by atoms with Crippen LogP contribution in [0.5, 0.6) is 5.75 Å². The second-order valence-electron chi connectivity index (χ2n) is 4.48. The predicted octanol–water partition coefficient (Wildman–Crippen LogP) is 3.07. The second kappa shape index (κ2) is 6.74. The Labute approximate surface area is 122 Å². The molecular weight excluding hydrogens is 280 g/mol. The van der Waals surface area contributed by atoms with Crippen LogP contribution >= 0.6 is 11.6 Å². The van der Waals surface area contributed by atoms with Crippen molar-refractivity contribution in [3.05, 3.63) is 46.3 Å². The molecule has 0 fully saturated rings. The van der Waals surface area contributed by atoms with E-state index in [9.17, 15) is 0 Å². The fraction of sp³-hybridized carbons (Fsp3) is 0.357. The van der Waals surface area contributed by atoms with Gasteiger partial charge >= 0.3 is 0 Å². The molecule has 0 radical (unpaired) electrons. The first-order valence-corrected chi connectivity index (χ1v) is 6.59. The molecule has 1 heterocycles. The molecule has 0 bridgehead atoms. The topological polar surface area (TPSA) is 70.5 Å². The van der Waals surface area contributed by atoms with E-state index in [-0.39, 0.29) is 12.6 Å². The van der Waals surface area contributed by atoms with Crippen molar-refractivity contribution in [3.63, 3.8) is 0 Å². The van der Waals surface area contributed by atoms with Gasteiger partial charge in [0.1, 0.15) is 24.7 Å². The Kier molecular flexibility index (Phi) is 5.00. The zero-order chi connectivity index (χ0) is 14.5.